The average Bonchev–Trinajstić information content (AvgIpc) is 3.29. The van der Waals surface area contributed by atoms with E-state index in [4.69, 9.17) is 4.42 Å². The largest absolute Gasteiger partial charge is 0.444 e. The lowest BCUT2D eigenvalue weighted by atomic mass is 10.1. The fraction of sp³-hybridized carbons (Fsp3) is 0.115. The van der Waals surface area contributed by atoms with Gasteiger partial charge in [0.25, 0.3) is 5.91 Å². The van der Waals surface area contributed by atoms with E-state index in [1.165, 1.54) is 5.56 Å². The first kappa shape index (κ1) is 21.8. The minimum Gasteiger partial charge on any atom is -0.444 e. The van der Waals surface area contributed by atoms with Gasteiger partial charge < -0.3 is 20.4 Å². The maximum atomic E-state index is 12.3. The number of nitrogens with one attached hydrogen (secondary N) is 3. The highest BCUT2D eigenvalue weighted by atomic mass is 16.3. The molecule has 0 spiro atoms. The van der Waals surface area contributed by atoms with Crippen molar-refractivity contribution in [3.05, 3.63) is 102 Å². The van der Waals surface area contributed by atoms with Gasteiger partial charge in [0.05, 0.1) is 5.69 Å². The van der Waals surface area contributed by atoms with Gasteiger partial charge >= 0.3 is 6.03 Å². The van der Waals surface area contributed by atoms with Crippen LogP contribution >= 0.6 is 0 Å². The lowest BCUT2D eigenvalue weighted by Crippen LogP contribution is -2.30. The molecule has 0 bridgehead atoms. The van der Waals surface area contributed by atoms with Crippen LogP contribution in [0.5, 0.6) is 0 Å². The van der Waals surface area contributed by atoms with Crippen molar-refractivity contribution in [2.75, 3.05) is 17.2 Å². The van der Waals surface area contributed by atoms with Crippen LogP contribution in [0.4, 0.5) is 16.2 Å². The summed E-state index contributed by atoms with van der Waals surface area (Å²) < 4.78 is 5.55. The molecule has 3 aromatic carbocycles. The topological polar surface area (TPSA) is 96.3 Å². The van der Waals surface area contributed by atoms with Gasteiger partial charge in [0.15, 0.2) is 0 Å². The zero-order chi connectivity index (χ0) is 23.0. The smallest absolute Gasteiger partial charge is 0.319 e. The maximum Gasteiger partial charge on any atom is 0.319 e. The minimum absolute atomic E-state index is 0.213. The number of nitrogens with zero attached hydrogens (tertiary/aromatic N) is 1. The quantitative estimate of drug-likeness (QED) is 0.365. The van der Waals surface area contributed by atoms with Crippen LogP contribution in [-0.4, -0.2) is 23.5 Å². The van der Waals surface area contributed by atoms with Crippen LogP contribution in [-0.2, 0) is 6.42 Å². The van der Waals surface area contributed by atoms with E-state index in [2.05, 4.69) is 20.9 Å². The summed E-state index contributed by atoms with van der Waals surface area (Å²) in [6, 6.07) is 23.5. The summed E-state index contributed by atoms with van der Waals surface area (Å²) in [5.41, 5.74) is 4.57. The Bertz CT molecular complexity index is 1230. The molecular formula is C26H24N4O3. The summed E-state index contributed by atoms with van der Waals surface area (Å²) in [4.78, 5) is 29.0. The number of aryl methyl sites for hydroxylation is 1. The highest BCUT2D eigenvalue weighted by Gasteiger charge is 2.09. The van der Waals surface area contributed by atoms with Gasteiger partial charge in [-0.25, -0.2) is 9.78 Å². The molecule has 0 aliphatic rings. The van der Waals surface area contributed by atoms with E-state index in [1.54, 1.807) is 54.8 Å². The first-order valence-electron chi connectivity index (χ1n) is 10.6. The molecule has 0 saturated heterocycles. The van der Waals surface area contributed by atoms with Gasteiger partial charge in [0, 0.05) is 35.5 Å². The van der Waals surface area contributed by atoms with Crippen molar-refractivity contribution < 1.29 is 14.0 Å². The van der Waals surface area contributed by atoms with Gasteiger partial charge in [0.2, 0.25) is 5.89 Å². The Hall–Kier alpha value is -4.39. The van der Waals surface area contributed by atoms with E-state index in [9.17, 15) is 9.59 Å². The van der Waals surface area contributed by atoms with E-state index in [1.807, 2.05) is 37.3 Å². The number of benzene rings is 3. The molecule has 7 nitrogen and oxygen atoms in total. The van der Waals surface area contributed by atoms with Gasteiger partial charge in [-0.1, -0.05) is 42.0 Å². The first-order valence-corrected chi connectivity index (χ1v) is 10.6. The Morgan fingerprint density at radius 1 is 0.879 bits per heavy atom. The summed E-state index contributed by atoms with van der Waals surface area (Å²) >= 11 is 0. The molecule has 0 atom stereocenters. The molecule has 7 heteroatoms. The van der Waals surface area contributed by atoms with Gasteiger partial charge in [0.1, 0.15) is 6.26 Å². The van der Waals surface area contributed by atoms with E-state index >= 15 is 0 Å². The van der Waals surface area contributed by atoms with Gasteiger partial charge in [-0.2, -0.15) is 0 Å². The third-order valence-electron chi connectivity index (χ3n) is 4.93. The van der Waals surface area contributed by atoms with Crippen molar-refractivity contribution in [1.82, 2.24) is 10.3 Å². The number of aromatic nitrogens is 1. The number of hydrogen-bond acceptors (Lipinski definition) is 4. The SMILES string of the molecule is Cc1ccc(-c2nc(CCNC(=O)Nc3cccc(NC(=O)c4ccccc4)c3)co2)cc1. The van der Waals surface area contributed by atoms with Crippen molar-refractivity contribution >= 4 is 23.3 Å². The summed E-state index contributed by atoms with van der Waals surface area (Å²) in [6.45, 7) is 2.43. The number of oxazole rings is 1. The van der Waals surface area contributed by atoms with Crippen molar-refractivity contribution in [3.8, 4) is 11.5 Å². The number of rotatable bonds is 7. The Kier molecular flexibility index (Phi) is 6.80. The summed E-state index contributed by atoms with van der Waals surface area (Å²) in [7, 11) is 0. The molecular weight excluding hydrogens is 416 g/mol. The van der Waals surface area contributed by atoms with E-state index < -0.39 is 0 Å². The number of amides is 3. The first-order chi connectivity index (χ1) is 16.1. The van der Waals surface area contributed by atoms with Crippen LogP contribution in [0.3, 0.4) is 0 Å². The molecule has 0 fully saturated rings. The molecule has 33 heavy (non-hydrogen) atoms. The number of carbonyl (C=O) groups excluding carboxylic acids is 2. The third-order valence-corrected chi connectivity index (χ3v) is 4.93. The second-order valence-corrected chi connectivity index (χ2v) is 7.54. The van der Waals surface area contributed by atoms with Crippen LogP contribution in [0.2, 0.25) is 0 Å². The molecule has 3 amide bonds. The van der Waals surface area contributed by atoms with Crippen LogP contribution in [0.15, 0.2) is 89.5 Å². The fourth-order valence-electron chi connectivity index (χ4n) is 3.20. The Labute approximate surface area is 191 Å². The maximum absolute atomic E-state index is 12.3. The molecule has 1 aromatic heterocycles. The van der Waals surface area contributed by atoms with Gasteiger partial charge in [-0.15, -0.1) is 0 Å². The lowest BCUT2D eigenvalue weighted by molar-refractivity contribution is 0.102. The van der Waals surface area contributed by atoms with Gasteiger partial charge in [-0.05, 0) is 49.4 Å². The van der Waals surface area contributed by atoms with Crippen LogP contribution in [0.1, 0.15) is 21.6 Å². The number of hydrogen-bond donors (Lipinski definition) is 3. The molecule has 4 rings (SSSR count). The lowest BCUT2D eigenvalue weighted by Gasteiger charge is -2.10. The van der Waals surface area contributed by atoms with Crippen molar-refractivity contribution in [2.24, 2.45) is 0 Å². The molecule has 0 unspecified atom stereocenters. The monoisotopic (exact) mass is 440 g/mol. The standard InChI is InChI=1S/C26H24N4O3/c1-18-10-12-20(13-11-18)25-29-23(17-33-25)14-15-27-26(32)30-22-9-5-8-21(16-22)28-24(31)19-6-3-2-4-7-19/h2-13,16-17H,14-15H2,1H3,(H,28,31)(H2,27,30,32). The van der Waals surface area contributed by atoms with E-state index in [0.717, 1.165) is 11.3 Å². The van der Waals surface area contributed by atoms with Crippen molar-refractivity contribution in [2.45, 2.75) is 13.3 Å². The molecule has 0 aliphatic heterocycles. The molecule has 0 radical (unpaired) electrons. The number of carbonyl (C=O) groups is 2. The number of urea groups is 1. The second kappa shape index (κ2) is 10.3. The molecule has 0 saturated carbocycles. The molecule has 4 aromatic rings. The summed E-state index contributed by atoms with van der Waals surface area (Å²) in [5, 5.41) is 8.40. The van der Waals surface area contributed by atoms with Crippen LogP contribution in [0.25, 0.3) is 11.5 Å². The molecule has 1 heterocycles. The number of anilines is 2. The highest BCUT2D eigenvalue weighted by molar-refractivity contribution is 6.04. The Morgan fingerprint density at radius 3 is 2.36 bits per heavy atom. The zero-order valence-electron chi connectivity index (χ0n) is 18.2. The summed E-state index contributed by atoms with van der Waals surface area (Å²) in [5.74, 6) is 0.346. The summed E-state index contributed by atoms with van der Waals surface area (Å²) in [6.07, 6.45) is 2.14. The van der Waals surface area contributed by atoms with Crippen LogP contribution in [0, 0.1) is 6.92 Å². The van der Waals surface area contributed by atoms with Crippen molar-refractivity contribution in [3.63, 3.8) is 0 Å². The Balaban J connectivity index is 1.26. The molecule has 3 N–H and O–H groups in total. The zero-order valence-corrected chi connectivity index (χ0v) is 18.2. The minimum atomic E-state index is -0.344. The average molecular weight is 441 g/mol. The predicted octanol–water partition coefficient (Wildman–Crippen LogP) is 5.27. The van der Waals surface area contributed by atoms with Crippen LogP contribution < -0.4 is 16.0 Å². The molecule has 166 valence electrons. The normalized spacial score (nSPS) is 10.5. The van der Waals surface area contributed by atoms with Gasteiger partial charge in [-0.3, -0.25) is 4.79 Å². The van der Waals surface area contributed by atoms with E-state index in [-0.39, 0.29) is 11.9 Å². The van der Waals surface area contributed by atoms with Crippen molar-refractivity contribution in [1.29, 1.82) is 0 Å². The third kappa shape index (κ3) is 6.07. The fourth-order valence-corrected chi connectivity index (χ4v) is 3.20. The predicted molar refractivity (Wildman–Crippen MR) is 128 cm³/mol. The Morgan fingerprint density at radius 2 is 1.61 bits per heavy atom. The molecule has 0 aliphatic carbocycles. The highest BCUT2D eigenvalue weighted by Crippen LogP contribution is 2.19. The second-order valence-electron chi connectivity index (χ2n) is 7.54. The van der Waals surface area contributed by atoms with E-state index in [0.29, 0.717) is 35.8 Å².